The highest BCUT2D eigenvalue weighted by molar-refractivity contribution is 5.76. The minimum absolute atomic E-state index is 0.0675. The van der Waals surface area contributed by atoms with Crippen LogP contribution in [0.3, 0.4) is 0 Å². The summed E-state index contributed by atoms with van der Waals surface area (Å²) in [6.45, 7) is 9.11. The summed E-state index contributed by atoms with van der Waals surface area (Å²) in [5.41, 5.74) is -0.437. The number of hydrogen-bond donors (Lipinski definition) is 1. The summed E-state index contributed by atoms with van der Waals surface area (Å²) in [7, 11) is 0. The lowest BCUT2D eigenvalue weighted by molar-refractivity contribution is -0.157. The van der Waals surface area contributed by atoms with Crippen LogP contribution in [0.15, 0.2) is 12.7 Å². The van der Waals surface area contributed by atoms with Gasteiger partial charge in [-0.3, -0.25) is 4.79 Å². The Morgan fingerprint density at radius 1 is 1.67 bits per heavy atom. The van der Waals surface area contributed by atoms with E-state index in [1.807, 2.05) is 20.8 Å². The van der Waals surface area contributed by atoms with E-state index < -0.39 is 11.7 Å². The molecule has 0 aromatic rings. The Balaban J connectivity index is 2.37. The Morgan fingerprint density at radius 3 is 2.73 bits per heavy atom. The molecule has 3 nitrogen and oxygen atoms in total. The van der Waals surface area contributed by atoms with E-state index in [9.17, 15) is 9.90 Å². The molecule has 0 radical (unpaired) electrons. The zero-order valence-corrected chi connectivity index (χ0v) is 9.69. The summed E-state index contributed by atoms with van der Waals surface area (Å²) in [5.74, 6) is -0.229. The third kappa shape index (κ3) is 3.67. The highest BCUT2D eigenvalue weighted by atomic mass is 16.6. The maximum Gasteiger partial charge on any atom is 0.309 e. The second-order valence-corrected chi connectivity index (χ2v) is 5.13. The van der Waals surface area contributed by atoms with Crippen LogP contribution in [0.2, 0.25) is 0 Å². The summed E-state index contributed by atoms with van der Waals surface area (Å²) in [6.07, 6.45) is 2.52. The smallest absolute Gasteiger partial charge is 0.309 e. The van der Waals surface area contributed by atoms with Gasteiger partial charge in [-0.1, -0.05) is 6.08 Å². The molecule has 0 unspecified atom stereocenters. The molecule has 1 aliphatic carbocycles. The van der Waals surface area contributed by atoms with Crippen molar-refractivity contribution < 1.29 is 14.6 Å². The number of rotatable bonds is 4. The summed E-state index contributed by atoms with van der Waals surface area (Å²) in [5, 5.41) is 9.63. The Bertz CT molecular complexity index is 252. The zero-order valence-electron chi connectivity index (χ0n) is 9.69. The topological polar surface area (TPSA) is 46.5 Å². The van der Waals surface area contributed by atoms with Gasteiger partial charge in [-0.05, 0) is 39.5 Å². The van der Waals surface area contributed by atoms with Gasteiger partial charge in [-0.15, -0.1) is 6.58 Å². The van der Waals surface area contributed by atoms with Crippen LogP contribution in [0.1, 0.15) is 33.6 Å². The molecule has 0 aliphatic heterocycles. The van der Waals surface area contributed by atoms with Crippen molar-refractivity contribution in [1.82, 2.24) is 0 Å². The van der Waals surface area contributed by atoms with Gasteiger partial charge in [0.15, 0.2) is 0 Å². The highest BCUT2D eigenvalue weighted by Crippen LogP contribution is 2.43. The van der Waals surface area contributed by atoms with Crippen LogP contribution in [0.4, 0.5) is 0 Å². The fourth-order valence-electron chi connectivity index (χ4n) is 1.63. The lowest BCUT2D eigenvalue weighted by Gasteiger charge is -2.19. The van der Waals surface area contributed by atoms with Gasteiger partial charge in [-0.25, -0.2) is 0 Å². The molecule has 3 heteroatoms. The van der Waals surface area contributed by atoms with Gasteiger partial charge in [0.05, 0.1) is 12.0 Å². The number of hydrogen-bond acceptors (Lipinski definition) is 3. The van der Waals surface area contributed by atoms with Crippen molar-refractivity contribution in [3.8, 4) is 0 Å². The average Bonchev–Trinajstić information content (AvgIpc) is 2.79. The van der Waals surface area contributed by atoms with E-state index in [4.69, 9.17) is 4.74 Å². The van der Waals surface area contributed by atoms with E-state index in [0.717, 1.165) is 6.42 Å². The Labute approximate surface area is 91.1 Å². The number of carbonyl (C=O) groups is 1. The molecule has 0 aromatic carbocycles. The van der Waals surface area contributed by atoms with Gasteiger partial charge >= 0.3 is 5.97 Å². The van der Waals surface area contributed by atoms with Crippen LogP contribution < -0.4 is 0 Å². The van der Waals surface area contributed by atoms with Gasteiger partial charge in [0.1, 0.15) is 5.60 Å². The first kappa shape index (κ1) is 12.2. The minimum Gasteiger partial charge on any atom is -0.460 e. The summed E-state index contributed by atoms with van der Waals surface area (Å²) < 4.78 is 5.24. The fraction of sp³-hybridized carbons (Fsp3) is 0.750. The van der Waals surface area contributed by atoms with Crippen LogP contribution in [0.5, 0.6) is 0 Å². The van der Waals surface area contributed by atoms with E-state index in [1.54, 1.807) is 6.08 Å². The SMILES string of the molecule is C=CC[C@H](O)[C@@H]1C[C@H]1C(=O)OC(C)(C)C. The lowest BCUT2D eigenvalue weighted by atomic mass is 10.1. The summed E-state index contributed by atoms with van der Waals surface area (Å²) in [6, 6.07) is 0. The zero-order chi connectivity index (χ0) is 11.6. The van der Waals surface area contributed by atoms with E-state index in [-0.39, 0.29) is 17.8 Å². The van der Waals surface area contributed by atoms with Crippen LogP contribution in [0.25, 0.3) is 0 Å². The Morgan fingerprint density at radius 2 is 2.27 bits per heavy atom. The van der Waals surface area contributed by atoms with Crippen LogP contribution >= 0.6 is 0 Å². The third-order valence-electron chi connectivity index (χ3n) is 2.45. The molecule has 0 aromatic heterocycles. The lowest BCUT2D eigenvalue weighted by Crippen LogP contribution is -2.26. The van der Waals surface area contributed by atoms with Crippen molar-refractivity contribution in [1.29, 1.82) is 0 Å². The normalized spacial score (nSPS) is 26.9. The van der Waals surface area contributed by atoms with Crippen molar-refractivity contribution >= 4 is 5.97 Å². The molecule has 0 heterocycles. The number of aliphatic hydroxyl groups is 1. The minimum atomic E-state index is -0.444. The van der Waals surface area contributed by atoms with E-state index in [0.29, 0.717) is 6.42 Å². The monoisotopic (exact) mass is 212 g/mol. The van der Waals surface area contributed by atoms with Gasteiger partial charge in [-0.2, -0.15) is 0 Å². The van der Waals surface area contributed by atoms with E-state index in [1.165, 1.54) is 0 Å². The standard InChI is InChI=1S/C12H20O3/c1-5-6-10(13)8-7-9(8)11(14)15-12(2,3)4/h5,8-10,13H,1,6-7H2,2-4H3/t8-,9-,10+/m1/s1. The molecule has 1 fully saturated rings. The van der Waals surface area contributed by atoms with E-state index in [2.05, 4.69) is 6.58 Å². The Hall–Kier alpha value is -0.830. The van der Waals surface area contributed by atoms with Crippen LogP contribution in [0, 0.1) is 11.8 Å². The van der Waals surface area contributed by atoms with Gasteiger partial charge in [0.2, 0.25) is 0 Å². The van der Waals surface area contributed by atoms with Crippen LogP contribution in [-0.4, -0.2) is 22.8 Å². The van der Waals surface area contributed by atoms with Crippen molar-refractivity contribution in [2.24, 2.45) is 11.8 Å². The number of ether oxygens (including phenoxy) is 1. The molecule has 0 amide bonds. The predicted molar refractivity (Wildman–Crippen MR) is 58.3 cm³/mol. The molecule has 1 saturated carbocycles. The first-order chi connectivity index (χ1) is 6.85. The molecule has 86 valence electrons. The molecular formula is C12H20O3. The highest BCUT2D eigenvalue weighted by Gasteiger charge is 2.48. The first-order valence-corrected chi connectivity index (χ1v) is 5.37. The van der Waals surface area contributed by atoms with Gasteiger partial charge in [0, 0.05) is 0 Å². The molecule has 1 rings (SSSR count). The second-order valence-electron chi connectivity index (χ2n) is 5.13. The van der Waals surface area contributed by atoms with Gasteiger partial charge in [0.25, 0.3) is 0 Å². The summed E-state index contributed by atoms with van der Waals surface area (Å²) >= 11 is 0. The molecule has 1 N–H and O–H groups in total. The number of carbonyl (C=O) groups excluding carboxylic acids is 1. The molecule has 1 aliphatic rings. The molecule has 0 saturated heterocycles. The fourth-order valence-corrected chi connectivity index (χ4v) is 1.63. The maximum atomic E-state index is 11.6. The van der Waals surface area contributed by atoms with Gasteiger partial charge < -0.3 is 9.84 Å². The number of esters is 1. The van der Waals surface area contributed by atoms with Crippen molar-refractivity contribution in [2.45, 2.75) is 45.3 Å². The Kier molecular flexibility index (Phi) is 3.55. The first-order valence-electron chi connectivity index (χ1n) is 5.37. The molecule has 0 spiro atoms. The second kappa shape index (κ2) is 4.35. The van der Waals surface area contributed by atoms with Crippen LogP contribution in [-0.2, 0) is 9.53 Å². The molecule has 3 atom stereocenters. The maximum absolute atomic E-state index is 11.6. The van der Waals surface area contributed by atoms with E-state index >= 15 is 0 Å². The molecular weight excluding hydrogens is 192 g/mol. The molecule has 15 heavy (non-hydrogen) atoms. The predicted octanol–water partition coefficient (Wildman–Crippen LogP) is 1.90. The summed E-state index contributed by atoms with van der Waals surface area (Å²) in [4.78, 5) is 11.6. The van der Waals surface area contributed by atoms with Crippen molar-refractivity contribution in [3.05, 3.63) is 12.7 Å². The number of aliphatic hydroxyl groups excluding tert-OH is 1. The third-order valence-corrected chi connectivity index (χ3v) is 2.45. The average molecular weight is 212 g/mol. The largest absolute Gasteiger partial charge is 0.460 e. The molecule has 0 bridgehead atoms. The van der Waals surface area contributed by atoms with Crippen molar-refractivity contribution in [3.63, 3.8) is 0 Å². The van der Waals surface area contributed by atoms with Crippen molar-refractivity contribution in [2.75, 3.05) is 0 Å². The quantitative estimate of drug-likeness (QED) is 0.572.